The molecule has 0 unspecified atom stereocenters. The number of anilines is 2. The molecule has 0 fully saturated rings. The highest BCUT2D eigenvalue weighted by molar-refractivity contribution is 7.93. The molecule has 0 aliphatic rings. The van der Waals surface area contributed by atoms with Crippen LogP contribution >= 0.6 is 0 Å². The molecule has 7 nitrogen and oxygen atoms in total. The van der Waals surface area contributed by atoms with Crippen molar-refractivity contribution in [3.05, 3.63) is 77.4 Å². The molecule has 0 aliphatic heterocycles. The molecule has 174 valence electrons. The normalized spacial score (nSPS) is 11.1. The first kappa shape index (κ1) is 24.1. The summed E-state index contributed by atoms with van der Waals surface area (Å²) in [5.74, 6) is 0.301. The van der Waals surface area contributed by atoms with Gasteiger partial charge in [0.25, 0.3) is 10.0 Å². The number of amides is 1. The Balaban J connectivity index is 2.03. The molecular formula is C25H28N2O5S. The monoisotopic (exact) mass is 468 g/mol. The van der Waals surface area contributed by atoms with E-state index in [0.29, 0.717) is 17.1 Å². The number of methoxy groups -OCH3 is 2. The van der Waals surface area contributed by atoms with Crippen LogP contribution in [-0.4, -0.2) is 35.1 Å². The van der Waals surface area contributed by atoms with Gasteiger partial charge in [0.2, 0.25) is 5.91 Å². The van der Waals surface area contributed by atoms with E-state index >= 15 is 0 Å². The van der Waals surface area contributed by atoms with Gasteiger partial charge in [-0.1, -0.05) is 18.2 Å². The van der Waals surface area contributed by atoms with E-state index in [1.807, 2.05) is 19.9 Å². The van der Waals surface area contributed by atoms with Crippen LogP contribution in [0.4, 0.5) is 11.4 Å². The Hall–Kier alpha value is -3.52. The third-order valence-electron chi connectivity index (χ3n) is 5.31. The van der Waals surface area contributed by atoms with Gasteiger partial charge in [0.1, 0.15) is 22.9 Å². The molecular weight excluding hydrogens is 440 g/mol. The zero-order chi connectivity index (χ0) is 24.2. The average Bonchev–Trinajstić information content (AvgIpc) is 2.79. The predicted molar refractivity (Wildman–Crippen MR) is 130 cm³/mol. The second-order valence-electron chi connectivity index (χ2n) is 7.71. The highest BCUT2D eigenvalue weighted by Gasteiger charge is 2.30. The van der Waals surface area contributed by atoms with Gasteiger partial charge in [-0.2, -0.15) is 0 Å². The maximum atomic E-state index is 13.8. The lowest BCUT2D eigenvalue weighted by atomic mass is 10.1. The quantitative estimate of drug-likeness (QED) is 0.528. The van der Waals surface area contributed by atoms with Gasteiger partial charge in [0, 0.05) is 11.8 Å². The zero-order valence-corrected chi connectivity index (χ0v) is 20.2. The molecule has 0 saturated heterocycles. The molecule has 0 bridgehead atoms. The van der Waals surface area contributed by atoms with Gasteiger partial charge in [0.05, 0.1) is 19.9 Å². The third-order valence-corrected chi connectivity index (χ3v) is 7.10. The molecule has 3 aromatic rings. The van der Waals surface area contributed by atoms with E-state index in [1.54, 1.807) is 61.5 Å². The number of hydrogen-bond donors (Lipinski definition) is 1. The molecule has 0 aliphatic carbocycles. The maximum absolute atomic E-state index is 13.8. The average molecular weight is 469 g/mol. The van der Waals surface area contributed by atoms with E-state index in [0.717, 1.165) is 21.0 Å². The molecule has 0 atom stereocenters. The van der Waals surface area contributed by atoms with Crippen molar-refractivity contribution in [2.75, 3.05) is 30.4 Å². The second kappa shape index (κ2) is 9.95. The predicted octanol–water partition coefficient (Wildman–Crippen LogP) is 4.46. The van der Waals surface area contributed by atoms with Gasteiger partial charge in [-0.25, -0.2) is 8.42 Å². The van der Waals surface area contributed by atoms with Crippen molar-refractivity contribution in [1.29, 1.82) is 0 Å². The van der Waals surface area contributed by atoms with Gasteiger partial charge in [-0.05, 0) is 73.9 Å². The van der Waals surface area contributed by atoms with Crippen LogP contribution in [0.25, 0.3) is 0 Å². The van der Waals surface area contributed by atoms with Gasteiger partial charge >= 0.3 is 0 Å². The lowest BCUT2D eigenvalue weighted by molar-refractivity contribution is -0.114. The number of rotatable bonds is 8. The van der Waals surface area contributed by atoms with Crippen LogP contribution in [0.1, 0.15) is 16.7 Å². The van der Waals surface area contributed by atoms with Crippen LogP contribution in [-0.2, 0) is 14.8 Å². The number of ether oxygens (including phenoxy) is 2. The first-order valence-electron chi connectivity index (χ1n) is 10.3. The Labute approximate surface area is 195 Å². The van der Waals surface area contributed by atoms with E-state index in [9.17, 15) is 13.2 Å². The molecule has 33 heavy (non-hydrogen) atoms. The van der Waals surface area contributed by atoms with Crippen LogP contribution in [0.3, 0.4) is 0 Å². The van der Waals surface area contributed by atoms with E-state index in [4.69, 9.17) is 9.47 Å². The number of hydrogen-bond acceptors (Lipinski definition) is 5. The zero-order valence-electron chi connectivity index (χ0n) is 19.4. The van der Waals surface area contributed by atoms with Crippen LogP contribution in [0.15, 0.2) is 65.6 Å². The summed E-state index contributed by atoms with van der Waals surface area (Å²) in [5, 5.41) is 2.75. The molecule has 3 aromatic carbocycles. The van der Waals surface area contributed by atoms with Crippen molar-refractivity contribution < 1.29 is 22.7 Å². The van der Waals surface area contributed by atoms with Gasteiger partial charge in [-0.15, -0.1) is 0 Å². The summed E-state index contributed by atoms with van der Waals surface area (Å²) in [7, 11) is -1.18. The summed E-state index contributed by atoms with van der Waals surface area (Å²) >= 11 is 0. The van der Waals surface area contributed by atoms with Crippen molar-refractivity contribution in [2.45, 2.75) is 25.7 Å². The Morgan fingerprint density at radius 2 is 1.67 bits per heavy atom. The Morgan fingerprint density at radius 1 is 0.909 bits per heavy atom. The number of nitrogens with zero attached hydrogens (tertiary/aromatic N) is 1. The molecule has 0 spiro atoms. The van der Waals surface area contributed by atoms with Crippen molar-refractivity contribution in [1.82, 2.24) is 0 Å². The van der Waals surface area contributed by atoms with E-state index in [-0.39, 0.29) is 10.6 Å². The third kappa shape index (κ3) is 5.46. The number of nitrogens with one attached hydrogen (secondary N) is 1. The highest BCUT2D eigenvalue weighted by atomic mass is 32.2. The van der Waals surface area contributed by atoms with Crippen molar-refractivity contribution in [3.8, 4) is 11.5 Å². The van der Waals surface area contributed by atoms with Crippen LogP contribution in [0.2, 0.25) is 0 Å². The number of benzene rings is 3. The van der Waals surface area contributed by atoms with E-state index < -0.39 is 22.5 Å². The van der Waals surface area contributed by atoms with Crippen molar-refractivity contribution in [3.63, 3.8) is 0 Å². The second-order valence-corrected chi connectivity index (χ2v) is 9.55. The molecule has 3 rings (SSSR count). The largest absolute Gasteiger partial charge is 0.497 e. The Bertz CT molecular complexity index is 1270. The topological polar surface area (TPSA) is 84.9 Å². The molecule has 0 heterocycles. The summed E-state index contributed by atoms with van der Waals surface area (Å²) in [5.41, 5.74) is 3.59. The summed E-state index contributed by atoms with van der Waals surface area (Å²) in [6.07, 6.45) is 0. The molecule has 0 radical (unpaired) electrons. The standard InChI is InChI=1S/C25H28N2O5S/c1-17-9-12-23(32-5)24(13-17)33(29,30)27(21-11-10-18(2)19(3)14-21)16-25(28)26-20-7-6-8-22(15-20)31-4/h6-15H,16H2,1-5H3,(H,26,28). The maximum Gasteiger partial charge on any atom is 0.268 e. The Kier molecular flexibility index (Phi) is 7.28. The summed E-state index contributed by atoms with van der Waals surface area (Å²) in [4.78, 5) is 13.0. The van der Waals surface area contributed by atoms with E-state index in [1.165, 1.54) is 14.2 Å². The molecule has 1 N–H and O–H groups in total. The minimum atomic E-state index is -4.13. The first-order valence-corrected chi connectivity index (χ1v) is 11.8. The highest BCUT2D eigenvalue weighted by Crippen LogP contribution is 2.31. The minimum Gasteiger partial charge on any atom is -0.497 e. The molecule has 1 amide bonds. The van der Waals surface area contributed by atoms with Crippen LogP contribution in [0.5, 0.6) is 11.5 Å². The van der Waals surface area contributed by atoms with Crippen LogP contribution in [0, 0.1) is 20.8 Å². The Morgan fingerprint density at radius 3 is 2.33 bits per heavy atom. The summed E-state index contributed by atoms with van der Waals surface area (Å²) in [6.45, 7) is 5.22. The summed E-state index contributed by atoms with van der Waals surface area (Å²) < 4.78 is 39.2. The van der Waals surface area contributed by atoms with Gasteiger partial charge in [0.15, 0.2) is 0 Å². The molecule has 8 heteroatoms. The number of carbonyl (C=O) groups is 1. The number of sulfonamides is 1. The minimum absolute atomic E-state index is 0.00240. The SMILES string of the molecule is COc1cccc(NC(=O)CN(c2ccc(C)c(C)c2)S(=O)(=O)c2cc(C)ccc2OC)c1. The van der Waals surface area contributed by atoms with Gasteiger partial charge in [-0.3, -0.25) is 9.10 Å². The smallest absolute Gasteiger partial charge is 0.268 e. The number of carbonyl (C=O) groups excluding carboxylic acids is 1. The van der Waals surface area contributed by atoms with Crippen molar-refractivity contribution in [2.24, 2.45) is 0 Å². The summed E-state index contributed by atoms with van der Waals surface area (Å²) in [6, 6.07) is 17.1. The molecule has 0 saturated carbocycles. The fourth-order valence-electron chi connectivity index (χ4n) is 3.33. The first-order chi connectivity index (χ1) is 15.6. The number of aryl methyl sites for hydroxylation is 3. The fourth-order valence-corrected chi connectivity index (χ4v) is 4.99. The lowest BCUT2D eigenvalue weighted by Gasteiger charge is -2.26. The lowest BCUT2D eigenvalue weighted by Crippen LogP contribution is -2.38. The van der Waals surface area contributed by atoms with Crippen LogP contribution < -0.4 is 19.1 Å². The van der Waals surface area contributed by atoms with Crippen molar-refractivity contribution >= 4 is 27.3 Å². The van der Waals surface area contributed by atoms with Gasteiger partial charge < -0.3 is 14.8 Å². The fraction of sp³-hybridized carbons (Fsp3) is 0.240. The van der Waals surface area contributed by atoms with E-state index in [2.05, 4.69) is 5.32 Å². The molecule has 0 aromatic heterocycles.